The highest BCUT2D eigenvalue weighted by Crippen LogP contribution is 2.11. The Bertz CT molecular complexity index is 482. The van der Waals surface area contributed by atoms with Gasteiger partial charge in [0.1, 0.15) is 12.4 Å². The molecule has 0 aliphatic rings. The lowest BCUT2D eigenvalue weighted by molar-refractivity contribution is 0.301. The van der Waals surface area contributed by atoms with Crippen LogP contribution in [0.2, 0.25) is 0 Å². The van der Waals surface area contributed by atoms with E-state index >= 15 is 0 Å². The van der Waals surface area contributed by atoms with Gasteiger partial charge in [-0.15, -0.1) is 0 Å². The zero-order chi connectivity index (χ0) is 13.5. The van der Waals surface area contributed by atoms with E-state index in [0.29, 0.717) is 12.6 Å². The molecule has 4 nitrogen and oxygen atoms in total. The first-order valence-electron chi connectivity index (χ1n) is 6.64. The Morgan fingerprint density at radius 1 is 1.37 bits per heavy atom. The fourth-order valence-corrected chi connectivity index (χ4v) is 1.93. The Balaban J connectivity index is 1.64. The molecule has 0 saturated carbocycles. The molecule has 4 heteroatoms. The Morgan fingerprint density at radius 2 is 2.26 bits per heavy atom. The van der Waals surface area contributed by atoms with E-state index in [1.54, 1.807) is 6.20 Å². The number of ether oxygens (including phenoxy) is 1. The highest BCUT2D eigenvalue weighted by Gasteiger charge is 2.02. The van der Waals surface area contributed by atoms with Crippen molar-refractivity contribution in [3.8, 4) is 5.75 Å². The molecule has 0 spiro atoms. The van der Waals surface area contributed by atoms with Crippen LogP contribution in [0.15, 0.2) is 42.7 Å². The van der Waals surface area contributed by atoms with Crippen LogP contribution in [0.5, 0.6) is 5.75 Å². The van der Waals surface area contributed by atoms with Gasteiger partial charge in [-0.1, -0.05) is 12.1 Å². The van der Waals surface area contributed by atoms with Crippen molar-refractivity contribution in [2.75, 3.05) is 13.2 Å². The molecule has 0 fully saturated rings. The number of hydrogen-bond donors (Lipinski definition) is 1. The molecule has 102 valence electrons. The fraction of sp³-hybridized carbons (Fsp3) is 0.400. The smallest absolute Gasteiger partial charge is 0.119 e. The third-order valence-electron chi connectivity index (χ3n) is 2.87. The quantitative estimate of drug-likeness (QED) is 0.775. The lowest BCUT2D eigenvalue weighted by atomic mass is 10.2. The van der Waals surface area contributed by atoms with Crippen molar-refractivity contribution in [2.24, 2.45) is 0 Å². The number of benzene rings is 1. The average molecular weight is 259 g/mol. The Kier molecular flexibility index (Phi) is 4.98. The van der Waals surface area contributed by atoms with Crippen molar-refractivity contribution in [3.63, 3.8) is 0 Å². The van der Waals surface area contributed by atoms with Gasteiger partial charge in [0, 0.05) is 25.0 Å². The largest absolute Gasteiger partial charge is 0.492 e. The third kappa shape index (κ3) is 4.75. The topological polar surface area (TPSA) is 39.1 Å². The first kappa shape index (κ1) is 13.6. The van der Waals surface area contributed by atoms with Gasteiger partial charge in [0.2, 0.25) is 0 Å². The second kappa shape index (κ2) is 6.95. The molecule has 1 N–H and O–H groups in total. The molecule has 0 saturated heterocycles. The fourth-order valence-electron chi connectivity index (χ4n) is 1.93. The molecule has 19 heavy (non-hydrogen) atoms. The maximum atomic E-state index is 5.69. The molecule has 0 bridgehead atoms. The second-order valence-electron chi connectivity index (χ2n) is 4.75. The molecule has 2 rings (SSSR count). The standard InChI is InChI=1S/C15H21N3O/c1-13-5-3-6-15(11-13)19-10-8-16-14(2)12-18-9-4-7-17-18/h3-7,9,11,14,16H,8,10,12H2,1-2H3. The summed E-state index contributed by atoms with van der Waals surface area (Å²) in [6.45, 7) is 6.59. The van der Waals surface area contributed by atoms with Gasteiger partial charge in [0.05, 0.1) is 6.54 Å². The number of rotatable bonds is 7. The number of nitrogens with one attached hydrogen (secondary N) is 1. The van der Waals surface area contributed by atoms with E-state index < -0.39 is 0 Å². The van der Waals surface area contributed by atoms with Crippen LogP contribution in [0.1, 0.15) is 12.5 Å². The van der Waals surface area contributed by atoms with Crippen molar-refractivity contribution in [3.05, 3.63) is 48.3 Å². The molecule has 2 aromatic rings. The summed E-state index contributed by atoms with van der Waals surface area (Å²) in [4.78, 5) is 0. The van der Waals surface area contributed by atoms with E-state index in [-0.39, 0.29) is 0 Å². The van der Waals surface area contributed by atoms with Crippen LogP contribution in [0.25, 0.3) is 0 Å². The summed E-state index contributed by atoms with van der Waals surface area (Å²) in [6, 6.07) is 10.4. The van der Waals surface area contributed by atoms with Crippen LogP contribution in [-0.2, 0) is 6.54 Å². The van der Waals surface area contributed by atoms with Crippen molar-refractivity contribution in [2.45, 2.75) is 26.4 Å². The van der Waals surface area contributed by atoms with E-state index in [1.807, 2.05) is 35.1 Å². The van der Waals surface area contributed by atoms with Crippen LogP contribution >= 0.6 is 0 Å². The highest BCUT2D eigenvalue weighted by atomic mass is 16.5. The summed E-state index contributed by atoms with van der Waals surface area (Å²) in [5.41, 5.74) is 1.22. The van der Waals surface area contributed by atoms with Crippen molar-refractivity contribution in [1.82, 2.24) is 15.1 Å². The lowest BCUT2D eigenvalue weighted by Gasteiger charge is -2.14. The average Bonchev–Trinajstić information content (AvgIpc) is 2.87. The first-order valence-corrected chi connectivity index (χ1v) is 6.64. The SMILES string of the molecule is Cc1cccc(OCCNC(C)Cn2cccn2)c1. The van der Waals surface area contributed by atoms with Crippen LogP contribution in [-0.4, -0.2) is 29.0 Å². The molecule has 0 radical (unpaired) electrons. The maximum Gasteiger partial charge on any atom is 0.119 e. The predicted molar refractivity (Wildman–Crippen MR) is 76.4 cm³/mol. The summed E-state index contributed by atoms with van der Waals surface area (Å²) in [6.07, 6.45) is 3.77. The molecular formula is C15H21N3O. The van der Waals surface area contributed by atoms with Crippen LogP contribution < -0.4 is 10.1 Å². The number of nitrogens with zero attached hydrogens (tertiary/aromatic N) is 2. The van der Waals surface area contributed by atoms with Gasteiger partial charge in [-0.2, -0.15) is 5.10 Å². The van der Waals surface area contributed by atoms with Gasteiger partial charge < -0.3 is 10.1 Å². The molecule has 1 heterocycles. The molecule has 1 atom stereocenters. The molecule has 0 aliphatic carbocycles. The van der Waals surface area contributed by atoms with E-state index in [0.717, 1.165) is 18.8 Å². The Hall–Kier alpha value is -1.81. The molecule has 0 aliphatic heterocycles. The zero-order valence-electron chi connectivity index (χ0n) is 11.5. The summed E-state index contributed by atoms with van der Waals surface area (Å²) in [7, 11) is 0. The minimum absolute atomic E-state index is 0.376. The zero-order valence-corrected chi connectivity index (χ0v) is 11.5. The van der Waals surface area contributed by atoms with E-state index in [9.17, 15) is 0 Å². The number of aromatic nitrogens is 2. The van der Waals surface area contributed by atoms with E-state index in [4.69, 9.17) is 4.74 Å². The summed E-state index contributed by atoms with van der Waals surface area (Å²) >= 11 is 0. The van der Waals surface area contributed by atoms with Crippen LogP contribution in [0, 0.1) is 6.92 Å². The summed E-state index contributed by atoms with van der Waals surface area (Å²) in [5, 5.41) is 7.61. The van der Waals surface area contributed by atoms with E-state index in [2.05, 4.69) is 30.3 Å². The van der Waals surface area contributed by atoms with E-state index in [1.165, 1.54) is 5.56 Å². The Labute approximate surface area is 114 Å². The monoisotopic (exact) mass is 259 g/mol. The minimum atomic E-state index is 0.376. The summed E-state index contributed by atoms with van der Waals surface area (Å²) in [5.74, 6) is 0.932. The van der Waals surface area contributed by atoms with Gasteiger partial charge in [-0.3, -0.25) is 4.68 Å². The molecule has 1 aromatic heterocycles. The van der Waals surface area contributed by atoms with Gasteiger partial charge in [0.25, 0.3) is 0 Å². The Morgan fingerprint density at radius 3 is 3.00 bits per heavy atom. The molecule has 0 amide bonds. The molecular weight excluding hydrogens is 238 g/mol. The van der Waals surface area contributed by atoms with Crippen molar-refractivity contribution < 1.29 is 4.74 Å². The van der Waals surface area contributed by atoms with Crippen molar-refractivity contribution >= 4 is 0 Å². The first-order chi connectivity index (χ1) is 9.24. The van der Waals surface area contributed by atoms with Crippen molar-refractivity contribution in [1.29, 1.82) is 0 Å². The number of aryl methyl sites for hydroxylation is 1. The number of hydrogen-bond acceptors (Lipinski definition) is 3. The van der Waals surface area contributed by atoms with Gasteiger partial charge in [-0.25, -0.2) is 0 Å². The highest BCUT2D eigenvalue weighted by molar-refractivity contribution is 5.27. The van der Waals surface area contributed by atoms with Crippen LogP contribution in [0.4, 0.5) is 0 Å². The minimum Gasteiger partial charge on any atom is -0.492 e. The van der Waals surface area contributed by atoms with Gasteiger partial charge in [-0.05, 0) is 37.6 Å². The molecule has 1 aromatic carbocycles. The maximum absolute atomic E-state index is 5.69. The van der Waals surface area contributed by atoms with Crippen LogP contribution in [0.3, 0.4) is 0 Å². The van der Waals surface area contributed by atoms with Gasteiger partial charge >= 0.3 is 0 Å². The summed E-state index contributed by atoms with van der Waals surface area (Å²) < 4.78 is 7.62. The lowest BCUT2D eigenvalue weighted by Crippen LogP contribution is -2.33. The molecule has 1 unspecified atom stereocenters. The van der Waals surface area contributed by atoms with Gasteiger partial charge in [0.15, 0.2) is 0 Å². The normalized spacial score (nSPS) is 12.3. The predicted octanol–water partition coefficient (Wildman–Crippen LogP) is 2.25. The second-order valence-corrected chi connectivity index (χ2v) is 4.75. The third-order valence-corrected chi connectivity index (χ3v) is 2.87.